The summed E-state index contributed by atoms with van der Waals surface area (Å²) < 4.78 is 5.14. The van der Waals surface area contributed by atoms with Gasteiger partial charge in [-0.2, -0.15) is 0 Å². The van der Waals surface area contributed by atoms with Gasteiger partial charge in [0.2, 0.25) is 11.8 Å². The molecule has 0 spiro atoms. The van der Waals surface area contributed by atoms with Gasteiger partial charge in [0.25, 0.3) is 0 Å². The topological polar surface area (TPSA) is 78.9 Å². The summed E-state index contributed by atoms with van der Waals surface area (Å²) in [5.74, 6) is 0.446. The number of ether oxygens (including phenoxy) is 1. The molecular weight excluding hydrogens is 344 g/mol. The van der Waals surface area contributed by atoms with Crippen molar-refractivity contribution in [3.05, 3.63) is 65.7 Å². The normalized spacial score (nSPS) is 10.6. The molecule has 0 radical (unpaired) electrons. The maximum absolute atomic E-state index is 12.1. The van der Waals surface area contributed by atoms with E-state index in [1.807, 2.05) is 24.3 Å². The van der Waals surface area contributed by atoms with Crippen LogP contribution in [-0.4, -0.2) is 49.1 Å². The van der Waals surface area contributed by atoms with E-state index in [2.05, 4.69) is 5.32 Å². The fourth-order valence-electron chi connectivity index (χ4n) is 2.40. The largest absolute Gasteiger partial charge is 0.508 e. The Labute approximate surface area is 159 Å². The van der Waals surface area contributed by atoms with Crippen molar-refractivity contribution in [2.24, 2.45) is 0 Å². The Morgan fingerprint density at radius 1 is 1.19 bits per heavy atom. The zero-order valence-corrected chi connectivity index (χ0v) is 15.5. The predicted molar refractivity (Wildman–Crippen MR) is 104 cm³/mol. The first-order valence-corrected chi connectivity index (χ1v) is 8.60. The van der Waals surface area contributed by atoms with E-state index in [1.54, 1.807) is 44.5 Å². The lowest BCUT2D eigenvalue weighted by atomic mass is 10.1. The van der Waals surface area contributed by atoms with Gasteiger partial charge in [-0.15, -0.1) is 0 Å². The van der Waals surface area contributed by atoms with Crippen molar-refractivity contribution in [2.75, 3.05) is 27.2 Å². The standard InChI is InChI=1S/C21H24N2O4/c1-23(21(26)11-8-17-4-3-5-19(14-17)27-2)15-20(25)22-13-12-16-6-9-18(24)10-7-16/h3-11,14,24H,12-13,15H2,1-2H3,(H,22,25)/b11-8+. The number of hydrogen-bond acceptors (Lipinski definition) is 4. The van der Waals surface area contributed by atoms with E-state index < -0.39 is 0 Å². The number of aromatic hydroxyl groups is 1. The summed E-state index contributed by atoms with van der Waals surface area (Å²) in [6.45, 7) is 0.447. The highest BCUT2D eigenvalue weighted by Gasteiger charge is 2.10. The lowest BCUT2D eigenvalue weighted by molar-refractivity contribution is -0.131. The van der Waals surface area contributed by atoms with Gasteiger partial charge < -0.3 is 20.1 Å². The fourth-order valence-corrected chi connectivity index (χ4v) is 2.40. The molecule has 0 aliphatic rings. The van der Waals surface area contributed by atoms with E-state index in [0.29, 0.717) is 18.7 Å². The van der Waals surface area contributed by atoms with E-state index in [-0.39, 0.29) is 24.1 Å². The van der Waals surface area contributed by atoms with Crippen LogP contribution in [0.3, 0.4) is 0 Å². The van der Waals surface area contributed by atoms with Crippen LogP contribution in [0.25, 0.3) is 6.08 Å². The van der Waals surface area contributed by atoms with E-state index in [4.69, 9.17) is 4.74 Å². The van der Waals surface area contributed by atoms with Crippen LogP contribution in [0.1, 0.15) is 11.1 Å². The molecule has 0 aliphatic heterocycles. The van der Waals surface area contributed by atoms with Crippen molar-refractivity contribution in [1.82, 2.24) is 10.2 Å². The van der Waals surface area contributed by atoms with Crippen LogP contribution < -0.4 is 10.1 Å². The summed E-state index contributed by atoms with van der Waals surface area (Å²) >= 11 is 0. The molecule has 2 aromatic rings. The van der Waals surface area contributed by atoms with Crippen molar-refractivity contribution >= 4 is 17.9 Å². The van der Waals surface area contributed by atoms with Gasteiger partial charge in [0.15, 0.2) is 0 Å². The second-order valence-corrected chi connectivity index (χ2v) is 6.07. The lowest BCUT2D eigenvalue weighted by Crippen LogP contribution is -2.38. The lowest BCUT2D eigenvalue weighted by Gasteiger charge is -2.15. The molecule has 2 aromatic carbocycles. The third-order valence-corrected chi connectivity index (χ3v) is 3.94. The Hall–Kier alpha value is -3.28. The van der Waals surface area contributed by atoms with Gasteiger partial charge >= 0.3 is 0 Å². The van der Waals surface area contributed by atoms with Crippen molar-refractivity contribution in [3.8, 4) is 11.5 Å². The number of likely N-dealkylation sites (N-methyl/N-ethyl adjacent to an activating group) is 1. The molecule has 0 saturated carbocycles. The minimum absolute atomic E-state index is 0.0170. The number of carbonyl (C=O) groups is 2. The SMILES string of the molecule is COc1cccc(/C=C/C(=O)N(C)CC(=O)NCCc2ccc(O)cc2)c1. The Morgan fingerprint density at radius 3 is 2.63 bits per heavy atom. The van der Waals surface area contributed by atoms with Crippen molar-refractivity contribution in [3.63, 3.8) is 0 Å². The van der Waals surface area contributed by atoms with Gasteiger partial charge in [0.05, 0.1) is 13.7 Å². The highest BCUT2D eigenvalue weighted by Crippen LogP contribution is 2.13. The highest BCUT2D eigenvalue weighted by atomic mass is 16.5. The average Bonchev–Trinajstić information content (AvgIpc) is 2.67. The average molecular weight is 368 g/mol. The van der Waals surface area contributed by atoms with Crippen LogP contribution in [0.5, 0.6) is 11.5 Å². The summed E-state index contributed by atoms with van der Waals surface area (Å²) in [6, 6.07) is 14.2. The number of hydrogen-bond donors (Lipinski definition) is 2. The van der Waals surface area contributed by atoms with Crippen LogP contribution in [0, 0.1) is 0 Å². The Bertz CT molecular complexity index is 800. The van der Waals surface area contributed by atoms with Gasteiger partial charge in [-0.05, 0) is 47.9 Å². The molecule has 0 saturated heterocycles. The van der Waals surface area contributed by atoms with Crippen LogP contribution in [0.15, 0.2) is 54.6 Å². The second kappa shape index (κ2) is 10.0. The minimum atomic E-state index is -0.258. The summed E-state index contributed by atoms with van der Waals surface area (Å²) in [4.78, 5) is 25.5. The molecule has 0 aliphatic carbocycles. The molecule has 0 unspecified atom stereocenters. The Balaban J connectivity index is 1.76. The number of amides is 2. The first-order valence-electron chi connectivity index (χ1n) is 8.60. The smallest absolute Gasteiger partial charge is 0.246 e. The molecule has 0 fully saturated rings. The van der Waals surface area contributed by atoms with Crippen LogP contribution in [-0.2, 0) is 16.0 Å². The zero-order chi connectivity index (χ0) is 19.6. The molecule has 142 valence electrons. The molecule has 2 rings (SSSR count). The van der Waals surface area contributed by atoms with E-state index in [9.17, 15) is 14.7 Å². The summed E-state index contributed by atoms with van der Waals surface area (Å²) in [7, 11) is 3.17. The van der Waals surface area contributed by atoms with Gasteiger partial charge in [0, 0.05) is 19.7 Å². The molecular formula is C21H24N2O4. The second-order valence-electron chi connectivity index (χ2n) is 6.07. The number of phenolic OH excluding ortho intramolecular Hbond substituents is 1. The van der Waals surface area contributed by atoms with Crippen molar-refractivity contribution in [2.45, 2.75) is 6.42 Å². The third kappa shape index (κ3) is 6.86. The van der Waals surface area contributed by atoms with Gasteiger partial charge in [0.1, 0.15) is 11.5 Å². The number of nitrogens with zero attached hydrogens (tertiary/aromatic N) is 1. The third-order valence-electron chi connectivity index (χ3n) is 3.94. The van der Waals surface area contributed by atoms with Crippen molar-refractivity contribution in [1.29, 1.82) is 0 Å². The first-order chi connectivity index (χ1) is 13.0. The van der Waals surface area contributed by atoms with Gasteiger partial charge in [-0.1, -0.05) is 24.3 Å². The molecule has 27 heavy (non-hydrogen) atoms. The molecule has 2 amide bonds. The minimum Gasteiger partial charge on any atom is -0.508 e. The first kappa shape index (κ1) is 20.0. The maximum atomic E-state index is 12.1. The Morgan fingerprint density at radius 2 is 1.93 bits per heavy atom. The monoisotopic (exact) mass is 368 g/mol. The number of carbonyl (C=O) groups excluding carboxylic acids is 2. The summed E-state index contributed by atoms with van der Waals surface area (Å²) in [5.41, 5.74) is 1.85. The fraction of sp³-hybridized carbons (Fsp3) is 0.238. The summed E-state index contributed by atoms with van der Waals surface area (Å²) in [5, 5.41) is 12.0. The number of methoxy groups -OCH3 is 1. The maximum Gasteiger partial charge on any atom is 0.246 e. The van der Waals surface area contributed by atoms with Gasteiger partial charge in [-0.3, -0.25) is 9.59 Å². The molecule has 0 bridgehead atoms. The Kier molecular flexibility index (Phi) is 7.43. The number of rotatable bonds is 8. The van der Waals surface area contributed by atoms with Crippen LogP contribution in [0.2, 0.25) is 0 Å². The molecule has 0 aromatic heterocycles. The van der Waals surface area contributed by atoms with Crippen LogP contribution >= 0.6 is 0 Å². The number of nitrogens with one attached hydrogen (secondary N) is 1. The highest BCUT2D eigenvalue weighted by molar-refractivity contribution is 5.94. The predicted octanol–water partition coefficient (Wildman–Crippen LogP) is 2.23. The quantitative estimate of drug-likeness (QED) is 0.701. The van der Waals surface area contributed by atoms with Crippen molar-refractivity contribution < 1.29 is 19.4 Å². The molecule has 0 atom stereocenters. The summed E-state index contributed by atoms with van der Waals surface area (Å²) in [6.07, 6.45) is 3.77. The number of phenols is 1. The zero-order valence-electron chi connectivity index (χ0n) is 15.5. The molecule has 6 heteroatoms. The van der Waals surface area contributed by atoms with E-state index in [0.717, 1.165) is 11.1 Å². The molecule has 0 heterocycles. The molecule has 6 nitrogen and oxygen atoms in total. The molecule has 2 N–H and O–H groups in total. The van der Waals surface area contributed by atoms with E-state index in [1.165, 1.54) is 11.0 Å². The number of benzene rings is 2. The van der Waals surface area contributed by atoms with E-state index >= 15 is 0 Å². The van der Waals surface area contributed by atoms with Gasteiger partial charge in [-0.25, -0.2) is 0 Å². The van der Waals surface area contributed by atoms with Crippen LogP contribution in [0.4, 0.5) is 0 Å².